The fraction of sp³-hybridized carbons (Fsp3) is 0.500. The first-order chi connectivity index (χ1) is 6.81. The van der Waals surface area contributed by atoms with Crippen molar-refractivity contribution in [1.29, 1.82) is 0 Å². The summed E-state index contributed by atoms with van der Waals surface area (Å²) in [7, 11) is 0. The standard InChI is InChI=1S/3C2H5NO2.Ce/c3*3-1-2(4)5;/h3*1,3H2,(H,4,5);/q;;;+3/p-3. The quantitative estimate of drug-likeness (QED) is 0.436. The Labute approximate surface area is 125 Å². The smallest absolute Gasteiger partial charge is 0.549 e. The van der Waals surface area contributed by atoms with E-state index in [1.165, 1.54) is 0 Å². The molecule has 0 aromatic heterocycles. The summed E-state index contributed by atoms with van der Waals surface area (Å²) < 4.78 is 0. The van der Waals surface area contributed by atoms with Gasteiger partial charge in [-0.1, -0.05) is 0 Å². The van der Waals surface area contributed by atoms with Gasteiger partial charge in [-0.3, -0.25) is 0 Å². The van der Waals surface area contributed by atoms with E-state index in [1.54, 1.807) is 0 Å². The molecule has 0 spiro atoms. The van der Waals surface area contributed by atoms with Gasteiger partial charge in [0.25, 0.3) is 0 Å². The Morgan fingerprint density at radius 1 is 0.688 bits per heavy atom. The molecule has 0 saturated carbocycles. The van der Waals surface area contributed by atoms with Gasteiger partial charge < -0.3 is 46.9 Å². The largest absolute Gasteiger partial charge is 3.00 e. The molecule has 0 heterocycles. The Balaban J connectivity index is -0.0000000655. The maximum atomic E-state index is 9.13. The van der Waals surface area contributed by atoms with Crippen LogP contribution in [0.2, 0.25) is 0 Å². The van der Waals surface area contributed by atoms with Crippen molar-refractivity contribution in [1.82, 2.24) is 0 Å². The average Bonchev–Trinajstić information content (AvgIpc) is 2.19. The molecule has 0 unspecified atom stereocenters. The maximum Gasteiger partial charge on any atom is 3.00 e. The number of aliphatic carboxylic acids is 3. The minimum absolute atomic E-state index is 0. The third kappa shape index (κ3) is 68.3. The molecule has 0 fully saturated rings. The monoisotopic (exact) mass is 362 g/mol. The van der Waals surface area contributed by atoms with Gasteiger partial charge in [-0.25, -0.2) is 0 Å². The molecule has 16 heavy (non-hydrogen) atoms. The molecule has 1 radical (unpaired) electrons. The Morgan fingerprint density at radius 2 is 0.750 bits per heavy atom. The van der Waals surface area contributed by atoms with Gasteiger partial charge in [0.05, 0.1) is 17.9 Å². The number of rotatable bonds is 3. The molecule has 0 aliphatic carbocycles. The van der Waals surface area contributed by atoms with Gasteiger partial charge in [-0.15, -0.1) is 0 Å². The molecular formula is C6H12CeN3O6. The fourth-order valence-corrected chi connectivity index (χ4v) is 0. The minimum atomic E-state index is -1.22. The van der Waals surface area contributed by atoms with Crippen LogP contribution in [0.4, 0.5) is 0 Å². The second kappa shape index (κ2) is 20.1. The summed E-state index contributed by atoms with van der Waals surface area (Å²) in [6.07, 6.45) is 0. The van der Waals surface area contributed by atoms with E-state index >= 15 is 0 Å². The summed E-state index contributed by atoms with van der Waals surface area (Å²) in [4.78, 5) is 27.4. The van der Waals surface area contributed by atoms with Crippen LogP contribution in [0.3, 0.4) is 0 Å². The number of hydrogen-bond donors (Lipinski definition) is 3. The van der Waals surface area contributed by atoms with Crippen molar-refractivity contribution in [2.75, 3.05) is 19.6 Å². The van der Waals surface area contributed by atoms with Crippen LogP contribution < -0.4 is 32.5 Å². The molecule has 6 N–H and O–H groups in total. The summed E-state index contributed by atoms with van der Waals surface area (Å²) in [5.74, 6) is -3.65. The van der Waals surface area contributed by atoms with Crippen LogP contribution in [0, 0.1) is 41.7 Å². The van der Waals surface area contributed by atoms with E-state index in [4.69, 9.17) is 29.7 Å². The van der Waals surface area contributed by atoms with Crippen LogP contribution in [-0.2, 0) is 14.4 Å². The molecule has 0 saturated heterocycles. The second-order valence-electron chi connectivity index (χ2n) is 1.73. The second-order valence-corrected chi connectivity index (χ2v) is 1.73. The molecule has 0 aromatic carbocycles. The predicted molar refractivity (Wildman–Crippen MR) is 42.2 cm³/mol. The zero-order valence-electron chi connectivity index (χ0n) is 8.30. The summed E-state index contributed by atoms with van der Waals surface area (Å²) in [5.41, 5.74) is 13.5. The Bertz CT molecular complexity index is 167. The summed E-state index contributed by atoms with van der Waals surface area (Å²) in [6.45, 7) is -1.17. The summed E-state index contributed by atoms with van der Waals surface area (Å²) in [5, 5.41) is 27.4. The molecule has 0 rings (SSSR count). The van der Waals surface area contributed by atoms with Crippen LogP contribution in [-0.4, -0.2) is 37.5 Å². The van der Waals surface area contributed by atoms with E-state index < -0.39 is 17.9 Å². The number of nitrogens with two attached hydrogens (primary N) is 3. The van der Waals surface area contributed by atoms with Gasteiger partial charge in [0.2, 0.25) is 0 Å². The van der Waals surface area contributed by atoms with Gasteiger partial charge in [-0.05, 0) is 0 Å². The van der Waals surface area contributed by atoms with Gasteiger partial charge >= 0.3 is 41.7 Å². The van der Waals surface area contributed by atoms with Crippen molar-refractivity contribution in [3.8, 4) is 0 Å². The van der Waals surface area contributed by atoms with Crippen molar-refractivity contribution in [2.24, 2.45) is 17.2 Å². The van der Waals surface area contributed by atoms with Gasteiger partial charge in [0, 0.05) is 19.6 Å². The molecule has 0 amide bonds. The van der Waals surface area contributed by atoms with Crippen LogP contribution in [0.25, 0.3) is 0 Å². The Hall–Kier alpha value is -0.333. The molecule has 0 aromatic rings. The van der Waals surface area contributed by atoms with Crippen LogP contribution >= 0.6 is 0 Å². The van der Waals surface area contributed by atoms with E-state index in [-0.39, 0.29) is 61.4 Å². The zero-order valence-corrected chi connectivity index (χ0v) is 11.4. The number of carbonyl (C=O) groups excluding carboxylic acids is 3. The first kappa shape index (κ1) is 24.8. The van der Waals surface area contributed by atoms with Crippen molar-refractivity contribution in [3.63, 3.8) is 0 Å². The normalized spacial score (nSPS) is 6.94. The van der Waals surface area contributed by atoms with E-state index in [9.17, 15) is 0 Å². The summed E-state index contributed by atoms with van der Waals surface area (Å²) in [6, 6.07) is 0. The fourth-order valence-electron chi connectivity index (χ4n) is 0. The van der Waals surface area contributed by atoms with Crippen molar-refractivity contribution in [3.05, 3.63) is 0 Å². The molecule has 0 aliphatic rings. The van der Waals surface area contributed by atoms with E-state index in [1.807, 2.05) is 0 Å². The predicted octanol–water partition coefficient (Wildman–Crippen LogP) is -6.92. The first-order valence-corrected chi connectivity index (χ1v) is 3.51. The number of carboxylic acids is 3. The zero-order chi connectivity index (χ0) is 12.9. The van der Waals surface area contributed by atoms with Gasteiger partial charge in [-0.2, -0.15) is 0 Å². The molecule has 9 nitrogen and oxygen atoms in total. The van der Waals surface area contributed by atoms with E-state index in [0.717, 1.165) is 0 Å². The molecule has 10 heteroatoms. The number of hydrogen-bond acceptors (Lipinski definition) is 9. The molecule has 91 valence electrons. The minimum Gasteiger partial charge on any atom is -0.549 e. The third-order valence-corrected chi connectivity index (χ3v) is 0.500. The molecular weight excluding hydrogens is 350 g/mol. The first-order valence-electron chi connectivity index (χ1n) is 3.51. The number of carbonyl (C=O) groups is 3. The van der Waals surface area contributed by atoms with E-state index in [2.05, 4.69) is 17.2 Å². The Kier molecular flexibility index (Phi) is 31.1. The van der Waals surface area contributed by atoms with Gasteiger partial charge in [0.1, 0.15) is 0 Å². The molecule has 0 bridgehead atoms. The topological polar surface area (TPSA) is 198 Å². The molecule has 0 atom stereocenters. The van der Waals surface area contributed by atoms with Crippen LogP contribution in [0.5, 0.6) is 0 Å². The summed E-state index contributed by atoms with van der Waals surface area (Å²) >= 11 is 0. The van der Waals surface area contributed by atoms with Gasteiger partial charge in [0.15, 0.2) is 0 Å². The van der Waals surface area contributed by atoms with Crippen molar-refractivity contribution < 1.29 is 71.5 Å². The van der Waals surface area contributed by atoms with Crippen LogP contribution in [0.15, 0.2) is 0 Å². The maximum absolute atomic E-state index is 9.13. The van der Waals surface area contributed by atoms with Crippen LogP contribution in [0.1, 0.15) is 0 Å². The number of carboxylic acid groups (broad SMARTS) is 3. The average molecular weight is 362 g/mol. The Morgan fingerprint density at radius 3 is 0.750 bits per heavy atom. The SMILES string of the molecule is NCC(=O)[O-].NCC(=O)[O-].NCC(=O)[O-].[Ce+3]. The van der Waals surface area contributed by atoms with E-state index in [0.29, 0.717) is 0 Å². The van der Waals surface area contributed by atoms with Crippen molar-refractivity contribution >= 4 is 17.9 Å². The third-order valence-electron chi connectivity index (χ3n) is 0.500. The molecule has 0 aliphatic heterocycles. The van der Waals surface area contributed by atoms with Crippen molar-refractivity contribution in [2.45, 2.75) is 0 Å².